The quantitative estimate of drug-likeness (QED) is 0.744. The molecule has 2 amide bonds. The van der Waals surface area contributed by atoms with E-state index in [9.17, 15) is 14.0 Å². The number of halogens is 1. The summed E-state index contributed by atoms with van der Waals surface area (Å²) in [5, 5.41) is 8.19. The highest BCUT2D eigenvalue weighted by Crippen LogP contribution is 2.15. The van der Waals surface area contributed by atoms with Gasteiger partial charge in [0.1, 0.15) is 5.82 Å². The highest BCUT2D eigenvalue weighted by Gasteiger charge is 2.11. The number of thiocarbonyl (C=S) groups is 1. The van der Waals surface area contributed by atoms with Gasteiger partial charge < -0.3 is 16.0 Å². The van der Waals surface area contributed by atoms with Crippen LogP contribution >= 0.6 is 12.2 Å². The van der Waals surface area contributed by atoms with Gasteiger partial charge in [-0.05, 0) is 48.6 Å². The number of nitrogens with one attached hydrogen (secondary N) is 3. The molecule has 0 aromatic heterocycles. The molecule has 0 bridgehead atoms. The van der Waals surface area contributed by atoms with Crippen LogP contribution in [-0.4, -0.2) is 16.9 Å². The van der Waals surface area contributed by atoms with Gasteiger partial charge in [-0.25, -0.2) is 4.39 Å². The van der Waals surface area contributed by atoms with Gasteiger partial charge in [0.2, 0.25) is 5.91 Å². The zero-order valence-corrected chi connectivity index (χ0v) is 13.7. The number of carbonyl (C=O) groups excluding carboxylic acids is 2. The standard InChI is InChI=1S/C17H16FN3O2S/c1-2-15(22)21-17(24)20-12-9-7-11(8-10-12)19-16(23)13-5-3-4-6-14(13)18/h3-10H,2H2,1H3,(H,19,23)(H2,20,21,22,24). The van der Waals surface area contributed by atoms with E-state index in [0.717, 1.165) is 0 Å². The number of rotatable bonds is 4. The lowest BCUT2D eigenvalue weighted by Crippen LogP contribution is -2.33. The summed E-state index contributed by atoms with van der Waals surface area (Å²) in [6, 6.07) is 12.4. The molecule has 124 valence electrons. The minimum Gasteiger partial charge on any atom is -0.332 e. The van der Waals surface area contributed by atoms with Crippen molar-refractivity contribution in [1.82, 2.24) is 5.32 Å². The molecule has 7 heteroatoms. The third-order valence-electron chi connectivity index (χ3n) is 3.09. The van der Waals surface area contributed by atoms with Crippen molar-refractivity contribution in [2.45, 2.75) is 13.3 Å². The summed E-state index contributed by atoms with van der Waals surface area (Å²) in [5.74, 6) is -1.29. The fourth-order valence-corrected chi connectivity index (χ4v) is 2.09. The monoisotopic (exact) mass is 345 g/mol. The van der Waals surface area contributed by atoms with E-state index >= 15 is 0 Å². The topological polar surface area (TPSA) is 70.2 Å². The van der Waals surface area contributed by atoms with E-state index in [4.69, 9.17) is 12.2 Å². The first kappa shape index (κ1) is 17.6. The van der Waals surface area contributed by atoms with Gasteiger partial charge >= 0.3 is 0 Å². The van der Waals surface area contributed by atoms with Crippen molar-refractivity contribution in [1.29, 1.82) is 0 Å². The molecule has 0 aliphatic rings. The zero-order valence-electron chi connectivity index (χ0n) is 12.9. The van der Waals surface area contributed by atoms with Crippen LogP contribution in [0.4, 0.5) is 15.8 Å². The Morgan fingerprint density at radius 3 is 2.17 bits per heavy atom. The number of carbonyl (C=O) groups is 2. The van der Waals surface area contributed by atoms with E-state index in [-0.39, 0.29) is 16.6 Å². The molecule has 0 radical (unpaired) electrons. The second kappa shape index (κ2) is 8.16. The first-order chi connectivity index (χ1) is 11.5. The maximum Gasteiger partial charge on any atom is 0.258 e. The summed E-state index contributed by atoms with van der Waals surface area (Å²) >= 11 is 5.01. The third-order valence-corrected chi connectivity index (χ3v) is 3.30. The van der Waals surface area contributed by atoms with Gasteiger partial charge in [-0.3, -0.25) is 9.59 Å². The summed E-state index contributed by atoms with van der Waals surface area (Å²) in [4.78, 5) is 23.3. The highest BCUT2D eigenvalue weighted by atomic mass is 32.1. The van der Waals surface area contributed by atoms with Crippen LogP contribution in [0.15, 0.2) is 48.5 Å². The van der Waals surface area contributed by atoms with E-state index in [1.165, 1.54) is 18.2 Å². The number of hydrogen-bond acceptors (Lipinski definition) is 3. The normalized spacial score (nSPS) is 9.92. The van der Waals surface area contributed by atoms with Gasteiger partial charge in [-0.15, -0.1) is 0 Å². The van der Waals surface area contributed by atoms with Crippen LogP contribution in [0.25, 0.3) is 0 Å². The molecule has 0 saturated carbocycles. The number of benzene rings is 2. The van der Waals surface area contributed by atoms with Gasteiger partial charge in [-0.1, -0.05) is 19.1 Å². The van der Waals surface area contributed by atoms with E-state index in [1.807, 2.05) is 0 Å². The van der Waals surface area contributed by atoms with E-state index < -0.39 is 11.7 Å². The lowest BCUT2D eigenvalue weighted by molar-refractivity contribution is -0.119. The number of amides is 2. The smallest absolute Gasteiger partial charge is 0.258 e. The second-order valence-electron chi connectivity index (χ2n) is 4.87. The van der Waals surface area contributed by atoms with Crippen LogP contribution in [0.3, 0.4) is 0 Å². The molecule has 0 unspecified atom stereocenters. The molecule has 0 heterocycles. The summed E-state index contributed by atoms with van der Waals surface area (Å²) in [7, 11) is 0. The van der Waals surface area contributed by atoms with Gasteiger partial charge in [0.05, 0.1) is 5.56 Å². The zero-order chi connectivity index (χ0) is 17.5. The lowest BCUT2D eigenvalue weighted by Gasteiger charge is -2.10. The molecule has 0 aliphatic carbocycles. The Balaban J connectivity index is 1.97. The Labute approximate surface area is 144 Å². The van der Waals surface area contributed by atoms with Gasteiger partial charge in [0, 0.05) is 17.8 Å². The van der Waals surface area contributed by atoms with Crippen molar-refractivity contribution in [3.63, 3.8) is 0 Å². The maximum absolute atomic E-state index is 13.6. The summed E-state index contributed by atoms with van der Waals surface area (Å²) in [6.45, 7) is 1.73. The van der Waals surface area contributed by atoms with Gasteiger partial charge in [-0.2, -0.15) is 0 Å². The van der Waals surface area contributed by atoms with E-state index in [2.05, 4.69) is 16.0 Å². The molecule has 0 atom stereocenters. The van der Waals surface area contributed by atoms with Crippen molar-refractivity contribution in [2.24, 2.45) is 0 Å². The molecular weight excluding hydrogens is 329 g/mol. The van der Waals surface area contributed by atoms with Crippen LogP contribution in [0.5, 0.6) is 0 Å². The first-order valence-corrected chi connectivity index (χ1v) is 7.67. The molecule has 5 nitrogen and oxygen atoms in total. The second-order valence-corrected chi connectivity index (χ2v) is 5.28. The van der Waals surface area contributed by atoms with Crippen molar-refractivity contribution in [2.75, 3.05) is 10.6 Å². The Kier molecular flexibility index (Phi) is 5.97. The molecular formula is C17H16FN3O2S. The molecule has 3 N–H and O–H groups in total. The Morgan fingerprint density at radius 1 is 1.00 bits per heavy atom. The van der Waals surface area contributed by atoms with E-state index in [0.29, 0.717) is 17.8 Å². The minimum absolute atomic E-state index is 0.0249. The SMILES string of the molecule is CCC(=O)NC(=S)Nc1ccc(NC(=O)c2ccccc2F)cc1. The fourth-order valence-electron chi connectivity index (χ4n) is 1.86. The van der Waals surface area contributed by atoms with Crippen LogP contribution in [0.1, 0.15) is 23.7 Å². The molecule has 0 spiro atoms. The average molecular weight is 345 g/mol. The summed E-state index contributed by atoms with van der Waals surface area (Å²) in [6.07, 6.45) is 0.336. The average Bonchev–Trinajstić information content (AvgIpc) is 2.56. The predicted molar refractivity (Wildman–Crippen MR) is 95.4 cm³/mol. The molecule has 24 heavy (non-hydrogen) atoms. The Hall–Kier alpha value is -2.80. The van der Waals surface area contributed by atoms with Crippen LogP contribution in [-0.2, 0) is 4.79 Å². The highest BCUT2D eigenvalue weighted by molar-refractivity contribution is 7.80. The largest absolute Gasteiger partial charge is 0.332 e. The van der Waals surface area contributed by atoms with Crippen molar-refractivity contribution < 1.29 is 14.0 Å². The molecule has 2 aromatic rings. The number of hydrogen-bond donors (Lipinski definition) is 3. The van der Waals surface area contributed by atoms with Crippen LogP contribution < -0.4 is 16.0 Å². The predicted octanol–water partition coefficient (Wildman–Crippen LogP) is 3.30. The lowest BCUT2D eigenvalue weighted by atomic mass is 10.2. The van der Waals surface area contributed by atoms with Gasteiger partial charge in [0.15, 0.2) is 5.11 Å². The third kappa shape index (κ3) is 4.85. The molecule has 2 rings (SSSR count). The van der Waals surface area contributed by atoms with Gasteiger partial charge in [0.25, 0.3) is 5.91 Å². The number of anilines is 2. The summed E-state index contributed by atoms with van der Waals surface area (Å²) < 4.78 is 13.6. The van der Waals surface area contributed by atoms with Crippen molar-refractivity contribution >= 4 is 40.5 Å². The molecule has 2 aromatic carbocycles. The van der Waals surface area contributed by atoms with E-state index in [1.54, 1.807) is 37.3 Å². The molecule has 0 aliphatic heterocycles. The Morgan fingerprint density at radius 2 is 1.58 bits per heavy atom. The Bertz CT molecular complexity index is 763. The van der Waals surface area contributed by atoms with Crippen molar-refractivity contribution in [3.8, 4) is 0 Å². The maximum atomic E-state index is 13.6. The minimum atomic E-state index is -0.578. The first-order valence-electron chi connectivity index (χ1n) is 7.26. The van der Waals surface area contributed by atoms with Crippen LogP contribution in [0, 0.1) is 5.82 Å². The van der Waals surface area contributed by atoms with Crippen LogP contribution in [0.2, 0.25) is 0 Å². The summed E-state index contributed by atoms with van der Waals surface area (Å²) in [5.41, 5.74) is 1.14. The van der Waals surface area contributed by atoms with Crippen molar-refractivity contribution in [3.05, 3.63) is 59.9 Å². The molecule has 0 fully saturated rings. The fraction of sp³-hybridized carbons (Fsp3) is 0.118. The molecule has 0 saturated heterocycles.